The van der Waals surface area contributed by atoms with Crippen LogP contribution in [0.5, 0.6) is 11.5 Å². The lowest BCUT2D eigenvalue weighted by atomic mass is 10.2. The monoisotopic (exact) mass is 361 g/mol. The lowest BCUT2D eigenvalue weighted by Gasteiger charge is -2.10. The van der Waals surface area contributed by atoms with Gasteiger partial charge in [-0.15, -0.1) is 13.2 Å². The van der Waals surface area contributed by atoms with Crippen LogP contribution < -0.4 is 15.2 Å². The number of nitrogens with two attached hydrogens (primary N) is 1. The molecule has 0 bridgehead atoms. The van der Waals surface area contributed by atoms with Crippen LogP contribution in [-0.2, 0) is 6.61 Å². The van der Waals surface area contributed by atoms with Gasteiger partial charge in [-0.05, 0) is 48.0 Å². The third-order valence-electron chi connectivity index (χ3n) is 2.44. The molecule has 2 aromatic rings. The Labute approximate surface area is 127 Å². The van der Waals surface area contributed by atoms with Crippen LogP contribution in [0, 0.1) is 0 Å². The van der Waals surface area contributed by atoms with E-state index in [1.54, 1.807) is 12.1 Å². The fourth-order valence-electron chi connectivity index (χ4n) is 1.66. The van der Waals surface area contributed by atoms with Gasteiger partial charge in [-0.3, -0.25) is 0 Å². The second kappa shape index (κ2) is 6.26. The highest BCUT2D eigenvalue weighted by Gasteiger charge is 2.30. The lowest BCUT2D eigenvalue weighted by molar-refractivity contribution is -0.274. The molecule has 7 heteroatoms. The molecule has 0 aliphatic rings. The molecule has 2 N–H and O–H groups in total. The maximum atomic E-state index is 12.0. The van der Waals surface area contributed by atoms with Gasteiger partial charge in [0.05, 0.1) is 0 Å². The van der Waals surface area contributed by atoms with Gasteiger partial charge >= 0.3 is 6.36 Å². The molecule has 0 saturated carbocycles. The fourth-order valence-corrected chi connectivity index (χ4v) is 2.22. The Hall–Kier alpha value is -1.89. The van der Waals surface area contributed by atoms with Crippen LogP contribution in [0.1, 0.15) is 5.56 Å². The number of halogens is 4. The molecule has 2 aromatic carbocycles. The van der Waals surface area contributed by atoms with E-state index in [0.717, 1.165) is 10.0 Å². The van der Waals surface area contributed by atoms with Crippen LogP contribution >= 0.6 is 15.9 Å². The Balaban J connectivity index is 1.97. The molecular weight excluding hydrogens is 351 g/mol. The summed E-state index contributed by atoms with van der Waals surface area (Å²) in [5.74, 6) is 0.143. The van der Waals surface area contributed by atoms with Crippen LogP contribution in [-0.4, -0.2) is 6.36 Å². The predicted octanol–water partition coefficient (Wildman–Crippen LogP) is 4.51. The van der Waals surface area contributed by atoms with Crippen molar-refractivity contribution in [3.63, 3.8) is 0 Å². The van der Waals surface area contributed by atoms with Crippen LogP contribution in [0.2, 0.25) is 0 Å². The first kappa shape index (κ1) is 15.5. The molecule has 0 aromatic heterocycles. The van der Waals surface area contributed by atoms with E-state index in [9.17, 15) is 13.2 Å². The third-order valence-corrected chi connectivity index (χ3v) is 2.90. The zero-order valence-corrected chi connectivity index (χ0v) is 12.2. The molecule has 0 radical (unpaired) electrons. The van der Waals surface area contributed by atoms with Crippen molar-refractivity contribution in [3.05, 3.63) is 52.5 Å². The Morgan fingerprint density at radius 2 is 1.62 bits per heavy atom. The minimum absolute atomic E-state index is 0.253. The van der Waals surface area contributed by atoms with Crippen LogP contribution in [0.3, 0.4) is 0 Å². The van der Waals surface area contributed by atoms with Gasteiger partial charge in [-0.25, -0.2) is 0 Å². The number of alkyl halides is 3. The molecule has 0 aliphatic carbocycles. The smallest absolute Gasteiger partial charge is 0.489 e. The van der Waals surface area contributed by atoms with E-state index in [1.165, 1.54) is 24.3 Å². The minimum atomic E-state index is -4.70. The van der Waals surface area contributed by atoms with Crippen molar-refractivity contribution >= 4 is 21.6 Å². The summed E-state index contributed by atoms with van der Waals surface area (Å²) in [6.45, 7) is 0.253. The van der Waals surface area contributed by atoms with Crippen molar-refractivity contribution in [2.75, 3.05) is 5.73 Å². The highest BCUT2D eigenvalue weighted by molar-refractivity contribution is 9.10. The first-order valence-corrected chi connectivity index (χ1v) is 6.65. The standard InChI is InChI=1S/C14H11BrF3NO2/c15-10-5-9(6-11(19)7-10)8-20-12-1-3-13(4-2-12)21-14(16,17)18/h1-7H,8,19H2. The zero-order valence-electron chi connectivity index (χ0n) is 10.7. The van der Waals surface area contributed by atoms with Gasteiger partial charge in [0.25, 0.3) is 0 Å². The van der Waals surface area contributed by atoms with Gasteiger partial charge in [-0.2, -0.15) is 0 Å². The predicted molar refractivity (Wildman–Crippen MR) is 76.0 cm³/mol. The Bertz CT molecular complexity index is 594. The second-order valence-electron chi connectivity index (χ2n) is 4.20. The van der Waals surface area contributed by atoms with Gasteiger partial charge in [0.15, 0.2) is 0 Å². The molecule has 0 heterocycles. The summed E-state index contributed by atoms with van der Waals surface area (Å²) in [5, 5.41) is 0. The summed E-state index contributed by atoms with van der Waals surface area (Å²) in [7, 11) is 0. The first-order valence-electron chi connectivity index (χ1n) is 5.85. The van der Waals surface area contributed by atoms with Crippen molar-refractivity contribution in [2.45, 2.75) is 13.0 Å². The van der Waals surface area contributed by atoms with E-state index >= 15 is 0 Å². The topological polar surface area (TPSA) is 44.5 Å². The van der Waals surface area contributed by atoms with Crippen molar-refractivity contribution < 1.29 is 22.6 Å². The fraction of sp³-hybridized carbons (Fsp3) is 0.143. The molecule has 0 aliphatic heterocycles. The van der Waals surface area contributed by atoms with E-state index in [4.69, 9.17) is 10.5 Å². The van der Waals surface area contributed by atoms with Crippen molar-refractivity contribution in [1.82, 2.24) is 0 Å². The Morgan fingerprint density at radius 3 is 2.19 bits per heavy atom. The number of nitrogen functional groups attached to an aromatic ring is 1. The quantitative estimate of drug-likeness (QED) is 0.814. The summed E-state index contributed by atoms with van der Waals surface area (Å²) < 4.78 is 46.1. The number of rotatable bonds is 4. The van der Waals surface area contributed by atoms with Gasteiger partial charge in [-0.1, -0.05) is 15.9 Å². The maximum Gasteiger partial charge on any atom is 0.573 e. The number of ether oxygens (including phenoxy) is 2. The normalized spacial score (nSPS) is 11.2. The molecule has 21 heavy (non-hydrogen) atoms. The summed E-state index contributed by atoms with van der Waals surface area (Å²) in [6, 6.07) is 10.6. The van der Waals surface area contributed by atoms with E-state index in [0.29, 0.717) is 11.4 Å². The SMILES string of the molecule is Nc1cc(Br)cc(COc2ccc(OC(F)(F)F)cc2)c1. The summed E-state index contributed by atoms with van der Waals surface area (Å²) in [4.78, 5) is 0. The largest absolute Gasteiger partial charge is 0.573 e. The summed E-state index contributed by atoms with van der Waals surface area (Å²) in [5.41, 5.74) is 7.14. The lowest BCUT2D eigenvalue weighted by Crippen LogP contribution is -2.16. The highest BCUT2D eigenvalue weighted by atomic mass is 79.9. The molecule has 0 fully saturated rings. The molecule has 0 saturated heterocycles. The van der Waals surface area contributed by atoms with E-state index in [2.05, 4.69) is 20.7 Å². The average molecular weight is 362 g/mol. The molecule has 0 unspecified atom stereocenters. The van der Waals surface area contributed by atoms with Crippen molar-refractivity contribution in [2.24, 2.45) is 0 Å². The van der Waals surface area contributed by atoms with Gasteiger partial charge in [0.1, 0.15) is 18.1 Å². The second-order valence-corrected chi connectivity index (χ2v) is 5.12. The highest BCUT2D eigenvalue weighted by Crippen LogP contribution is 2.25. The molecule has 0 spiro atoms. The minimum Gasteiger partial charge on any atom is -0.489 e. The maximum absolute atomic E-state index is 12.0. The third kappa shape index (κ3) is 5.18. The number of anilines is 1. The molecule has 0 atom stereocenters. The van der Waals surface area contributed by atoms with E-state index in [1.807, 2.05) is 6.07 Å². The molecule has 112 valence electrons. The Kier molecular flexibility index (Phi) is 4.62. The summed E-state index contributed by atoms with van der Waals surface area (Å²) in [6.07, 6.45) is -4.70. The van der Waals surface area contributed by atoms with Crippen molar-refractivity contribution in [3.8, 4) is 11.5 Å². The van der Waals surface area contributed by atoms with E-state index in [-0.39, 0.29) is 12.4 Å². The molecular formula is C14H11BrF3NO2. The van der Waals surface area contributed by atoms with E-state index < -0.39 is 6.36 Å². The average Bonchev–Trinajstić information content (AvgIpc) is 2.35. The number of hydrogen-bond acceptors (Lipinski definition) is 3. The van der Waals surface area contributed by atoms with Crippen molar-refractivity contribution in [1.29, 1.82) is 0 Å². The first-order chi connectivity index (χ1) is 9.82. The molecule has 0 amide bonds. The molecule has 2 rings (SSSR count). The van der Waals surface area contributed by atoms with Gasteiger partial charge in [0.2, 0.25) is 0 Å². The van der Waals surface area contributed by atoms with Gasteiger partial charge < -0.3 is 15.2 Å². The van der Waals surface area contributed by atoms with Crippen LogP contribution in [0.15, 0.2) is 46.9 Å². The van der Waals surface area contributed by atoms with Crippen LogP contribution in [0.4, 0.5) is 18.9 Å². The van der Waals surface area contributed by atoms with Crippen LogP contribution in [0.25, 0.3) is 0 Å². The Morgan fingerprint density at radius 1 is 1.00 bits per heavy atom. The van der Waals surface area contributed by atoms with Gasteiger partial charge in [0, 0.05) is 10.2 Å². The molecule has 3 nitrogen and oxygen atoms in total. The number of benzene rings is 2. The number of hydrogen-bond donors (Lipinski definition) is 1. The summed E-state index contributed by atoms with van der Waals surface area (Å²) >= 11 is 3.32. The zero-order chi connectivity index (χ0) is 15.5.